The molecule has 0 spiro atoms. The van der Waals surface area contributed by atoms with Gasteiger partial charge in [0.05, 0.1) is 16.5 Å². The number of benzene rings is 3. The molecule has 0 aliphatic heterocycles. The molecule has 3 aromatic carbocycles. The predicted molar refractivity (Wildman–Crippen MR) is 106 cm³/mol. The van der Waals surface area contributed by atoms with Gasteiger partial charge in [0.1, 0.15) is 18.2 Å². The highest BCUT2D eigenvalue weighted by Gasteiger charge is 2.11. The lowest BCUT2D eigenvalue weighted by molar-refractivity contribution is 0.307. The zero-order valence-electron chi connectivity index (χ0n) is 13.8. The number of para-hydroxylation sites is 2. The first-order valence-corrected chi connectivity index (χ1v) is 8.96. The van der Waals surface area contributed by atoms with Crippen LogP contribution in [0, 0.1) is 0 Å². The summed E-state index contributed by atoms with van der Waals surface area (Å²) in [5.41, 5.74) is 2.32. The number of aromatic nitrogens is 2. The first-order valence-electron chi connectivity index (χ1n) is 8.16. The van der Waals surface area contributed by atoms with Crippen LogP contribution in [-0.2, 0) is 6.61 Å². The van der Waals surface area contributed by atoms with Crippen LogP contribution in [0.2, 0.25) is 0 Å². The summed E-state index contributed by atoms with van der Waals surface area (Å²) in [6.45, 7) is 0.433. The second kappa shape index (κ2) is 7.14. The fourth-order valence-corrected chi connectivity index (χ4v) is 3.01. The number of hydrogen-bond donors (Lipinski definition) is 1. The van der Waals surface area contributed by atoms with Gasteiger partial charge in [-0.15, -0.1) is 0 Å². The van der Waals surface area contributed by atoms with Gasteiger partial charge < -0.3 is 9.72 Å². The Bertz CT molecular complexity index is 1120. The third kappa shape index (κ3) is 3.39. The zero-order chi connectivity index (χ0) is 17.9. The first kappa shape index (κ1) is 16.5. The van der Waals surface area contributed by atoms with E-state index in [9.17, 15) is 4.79 Å². The Morgan fingerprint density at radius 3 is 2.50 bits per heavy atom. The predicted octanol–water partition coefficient (Wildman–Crippen LogP) is 4.93. The van der Waals surface area contributed by atoms with Crippen LogP contribution in [0.4, 0.5) is 0 Å². The minimum Gasteiger partial charge on any atom is -0.488 e. The smallest absolute Gasteiger partial charge is 0.259 e. The van der Waals surface area contributed by atoms with Gasteiger partial charge in [-0.2, -0.15) is 0 Å². The number of halogens is 1. The van der Waals surface area contributed by atoms with E-state index < -0.39 is 0 Å². The fraction of sp³-hybridized carbons (Fsp3) is 0.0476. The molecule has 0 atom stereocenters. The maximum Gasteiger partial charge on any atom is 0.259 e. The summed E-state index contributed by atoms with van der Waals surface area (Å²) in [5, 5.41) is 0.574. The minimum absolute atomic E-state index is 0.159. The largest absolute Gasteiger partial charge is 0.488 e. The molecular weight excluding hydrogens is 392 g/mol. The van der Waals surface area contributed by atoms with Crippen LogP contribution in [0.15, 0.2) is 82.1 Å². The second-order valence-corrected chi connectivity index (χ2v) is 6.76. The van der Waals surface area contributed by atoms with Gasteiger partial charge in [0.15, 0.2) is 0 Å². The highest BCUT2D eigenvalue weighted by molar-refractivity contribution is 9.10. The Kier molecular flexibility index (Phi) is 4.54. The molecule has 1 N–H and O–H groups in total. The topological polar surface area (TPSA) is 55.0 Å². The molecule has 0 bridgehead atoms. The van der Waals surface area contributed by atoms with Crippen LogP contribution >= 0.6 is 15.9 Å². The van der Waals surface area contributed by atoms with Crippen LogP contribution < -0.4 is 10.3 Å². The number of rotatable bonds is 4. The van der Waals surface area contributed by atoms with E-state index in [4.69, 9.17) is 4.74 Å². The Morgan fingerprint density at radius 2 is 1.65 bits per heavy atom. The van der Waals surface area contributed by atoms with Crippen molar-refractivity contribution in [2.24, 2.45) is 0 Å². The number of nitrogens with zero attached hydrogens (tertiary/aromatic N) is 1. The molecule has 4 nitrogen and oxygen atoms in total. The normalized spacial score (nSPS) is 10.8. The average molecular weight is 407 g/mol. The molecule has 0 aliphatic rings. The van der Waals surface area contributed by atoms with Gasteiger partial charge in [0, 0.05) is 4.47 Å². The Balaban J connectivity index is 1.69. The molecule has 0 radical (unpaired) electrons. The summed E-state index contributed by atoms with van der Waals surface area (Å²) in [4.78, 5) is 19.8. The summed E-state index contributed by atoms with van der Waals surface area (Å²) in [6.07, 6.45) is 0. The van der Waals surface area contributed by atoms with E-state index in [1.165, 1.54) is 0 Å². The van der Waals surface area contributed by atoms with E-state index in [2.05, 4.69) is 25.9 Å². The molecule has 1 heterocycles. The van der Waals surface area contributed by atoms with Crippen LogP contribution in [-0.4, -0.2) is 9.97 Å². The first-order chi connectivity index (χ1) is 12.7. The highest BCUT2D eigenvalue weighted by Crippen LogP contribution is 2.28. The summed E-state index contributed by atoms with van der Waals surface area (Å²) < 4.78 is 7.02. The number of ether oxygens (including phenoxy) is 1. The van der Waals surface area contributed by atoms with E-state index in [0.717, 1.165) is 15.6 Å². The van der Waals surface area contributed by atoms with Crippen molar-refractivity contribution in [2.75, 3.05) is 0 Å². The molecule has 0 aliphatic carbocycles. The number of hydrogen-bond acceptors (Lipinski definition) is 3. The molecule has 0 amide bonds. The highest BCUT2D eigenvalue weighted by atomic mass is 79.9. The third-order valence-electron chi connectivity index (χ3n) is 4.06. The second-order valence-electron chi connectivity index (χ2n) is 5.84. The van der Waals surface area contributed by atoms with Crippen LogP contribution in [0.3, 0.4) is 0 Å². The van der Waals surface area contributed by atoms with Crippen molar-refractivity contribution >= 4 is 26.8 Å². The maximum atomic E-state index is 12.4. The van der Waals surface area contributed by atoms with E-state index in [-0.39, 0.29) is 5.56 Å². The van der Waals surface area contributed by atoms with Gasteiger partial charge >= 0.3 is 0 Å². The molecule has 4 rings (SSSR count). The molecule has 1 aromatic heterocycles. The lowest BCUT2D eigenvalue weighted by Gasteiger charge is -2.11. The maximum absolute atomic E-state index is 12.4. The lowest BCUT2D eigenvalue weighted by Crippen LogP contribution is -2.10. The number of aromatic amines is 1. The molecule has 128 valence electrons. The van der Waals surface area contributed by atoms with Crippen molar-refractivity contribution in [1.82, 2.24) is 9.97 Å². The van der Waals surface area contributed by atoms with E-state index in [1.54, 1.807) is 6.07 Å². The van der Waals surface area contributed by atoms with Gasteiger partial charge in [0.25, 0.3) is 5.56 Å². The summed E-state index contributed by atoms with van der Waals surface area (Å²) >= 11 is 3.43. The van der Waals surface area contributed by atoms with E-state index in [0.29, 0.717) is 29.1 Å². The lowest BCUT2D eigenvalue weighted by atomic mass is 10.1. The Hall–Kier alpha value is -2.92. The number of fused-ring (bicyclic) bond motifs is 1. The monoisotopic (exact) mass is 406 g/mol. The van der Waals surface area contributed by atoms with Gasteiger partial charge in [-0.1, -0.05) is 52.3 Å². The standard InChI is InChI=1S/C21H15BrN2O2/c22-15-11-9-14(10-12-15)13-26-19-8-4-2-6-17(19)20-23-18-7-3-1-5-16(18)21(25)24-20/h1-12H,13H2,(H,23,24,25). The average Bonchev–Trinajstić information content (AvgIpc) is 2.68. The molecule has 26 heavy (non-hydrogen) atoms. The van der Waals surface area contributed by atoms with Crippen molar-refractivity contribution in [2.45, 2.75) is 6.61 Å². The van der Waals surface area contributed by atoms with Crippen LogP contribution in [0.1, 0.15) is 5.56 Å². The Morgan fingerprint density at radius 1 is 0.923 bits per heavy atom. The minimum atomic E-state index is -0.159. The molecule has 4 aromatic rings. The molecule has 0 saturated heterocycles. The SMILES string of the molecule is O=c1[nH]c(-c2ccccc2OCc2ccc(Br)cc2)nc2ccccc12. The summed E-state index contributed by atoms with van der Waals surface area (Å²) in [6, 6.07) is 22.8. The third-order valence-corrected chi connectivity index (χ3v) is 4.59. The van der Waals surface area contributed by atoms with Crippen molar-refractivity contribution in [3.8, 4) is 17.1 Å². The van der Waals surface area contributed by atoms with Crippen molar-refractivity contribution in [3.05, 3.63) is 93.2 Å². The van der Waals surface area contributed by atoms with Crippen LogP contribution in [0.25, 0.3) is 22.3 Å². The van der Waals surface area contributed by atoms with E-state index >= 15 is 0 Å². The molecule has 5 heteroatoms. The Labute approximate surface area is 158 Å². The molecule has 0 saturated carbocycles. The number of nitrogens with one attached hydrogen (secondary N) is 1. The number of H-pyrrole nitrogens is 1. The van der Waals surface area contributed by atoms with Crippen molar-refractivity contribution in [3.63, 3.8) is 0 Å². The molecule has 0 fully saturated rings. The quantitative estimate of drug-likeness (QED) is 0.522. The van der Waals surface area contributed by atoms with Crippen molar-refractivity contribution in [1.29, 1.82) is 0 Å². The molecule has 0 unspecified atom stereocenters. The van der Waals surface area contributed by atoms with E-state index in [1.807, 2.05) is 66.7 Å². The van der Waals surface area contributed by atoms with Crippen molar-refractivity contribution < 1.29 is 4.74 Å². The van der Waals surface area contributed by atoms with Gasteiger partial charge in [-0.3, -0.25) is 4.79 Å². The summed E-state index contributed by atoms with van der Waals surface area (Å²) in [5.74, 6) is 1.17. The van der Waals surface area contributed by atoms with Gasteiger partial charge in [-0.25, -0.2) is 4.98 Å². The summed E-state index contributed by atoms with van der Waals surface area (Å²) in [7, 11) is 0. The molecular formula is C21H15BrN2O2. The van der Waals surface area contributed by atoms with Gasteiger partial charge in [0.2, 0.25) is 0 Å². The zero-order valence-corrected chi connectivity index (χ0v) is 15.4. The fourth-order valence-electron chi connectivity index (χ4n) is 2.74. The van der Waals surface area contributed by atoms with Crippen LogP contribution in [0.5, 0.6) is 5.75 Å². The van der Waals surface area contributed by atoms with Gasteiger partial charge in [-0.05, 0) is 42.0 Å².